The van der Waals surface area contributed by atoms with Gasteiger partial charge in [0.15, 0.2) is 11.5 Å². The molecule has 158 valence electrons. The van der Waals surface area contributed by atoms with Crippen LogP contribution in [0.25, 0.3) is 17.1 Å². The third kappa shape index (κ3) is 4.44. The number of aromatic nitrogens is 4. The molecule has 0 aliphatic carbocycles. The highest BCUT2D eigenvalue weighted by molar-refractivity contribution is 6.08. The highest BCUT2D eigenvalue weighted by Gasteiger charge is 2.13. The van der Waals surface area contributed by atoms with Gasteiger partial charge >= 0.3 is 0 Å². The minimum absolute atomic E-state index is 0.163. The van der Waals surface area contributed by atoms with Crippen molar-refractivity contribution in [3.63, 3.8) is 0 Å². The molecular weight excluding hydrogens is 404 g/mol. The number of hydrogen-bond acceptors (Lipinski definition) is 7. The van der Waals surface area contributed by atoms with Crippen molar-refractivity contribution in [2.24, 2.45) is 10.7 Å². The summed E-state index contributed by atoms with van der Waals surface area (Å²) in [4.78, 5) is 25.7. The molecule has 0 saturated carbocycles. The van der Waals surface area contributed by atoms with Gasteiger partial charge in [-0.05, 0) is 48.7 Å². The lowest BCUT2D eigenvalue weighted by Gasteiger charge is -2.13. The molecule has 2 heterocycles. The Bertz CT molecular complexity index is 1330. The van der Waals surface area contributed by atoms with Gasteiger partial charge in [-0.3, -0.25) is 4.79 Å². The highest BCUT2D eigenvalue weighted by Crippen LogP contribution is 2.27. The van der Waals surface area contributed by atoms with Gasteiger partial charge in [-0.15, -0.1) is 0 Å². The van der Waals surface area contributed by atoms with Crippen LogP contribution < -0.4 is 15.9 Å². The fourth-order valence-electron chi connectivity index (χ4n) is 3.08. The monoisotopic (exact) mass is 424 g/mol. The average molecular weight is 424 g/mol. The second-order valence-electron chi connectivity index (χ2n) is 6.62. The van der Waals surface area contributed by atoms with Crippen LogP contribution in [0.2, 0.25) is 0 Å². The van der Waals surface area contributed by atoms with Gasteiger partial charge in [-0.25, -0.2) is 19.6 Å². The number of para-hydroxylation sites is 1. The molecule has 0 atom stereocenters. The number of nitrogens with two attached hydrogens (primary N) is 1. The number of aliphatic imine (C=N–C) groups is 1. The Morgan fingerprint density at radius 3 is 2.56 bits per heavy atom. The Morgan fingerprint density at radius 1 is 1.06 bits per heavy atom. The van der Waals surface area contributed by atoms with Crippen LogP contribution in [0.3, 0.4) is 0 Å². The second-order valence-corrected chi connectivity index (χ2v) is 6.62. The van der Waals surface area contributed by atoms with Crippen molar-refractivity contribution in [3.8, 4) is 22.8 Å². The Morgan fingerprint density at radius 2 is 1.84 bits per heavy atom. The number of rotatable bonds is 6. The number of benzene rings is 2. The summed E-state index contributed by atoms with van der Waals surface area (Å²) in [5.41, 5.74) is 7.97. The quantitative estimate of drug-likeness (QED) is 0.476. The number of ether oxygens (including phenoxy) is 1. The van der Waals surface area contributed by atoms with E-state index in [1.807, 2.05) is 48.5 Å². The van der Waals surface area contributed by atoms with Gasteiger partial charge in [-0.1, -0.05) is 18.2 Å². The van der Waals surface area contributed by atoms with Crippen LogP contribution in [0, 0.1) is 0 Å². The van der Waals surface area contributed by atoms with Crippen molar-refractivity contribution in [3.05, 3.63) is 107 Å². The van der Waals surface area contributed by atoms with Crippen LogP contribution in [0.15, 0.2) is 101 Å². The van der Waals surface area contributed by atoms with E-state index in [-0.39, 0.29) is 11.1 Å². The normalized spacial score (nSPS) is 11.6. The Kier molecular flexibility index (Phi) is 6.12. The van der Waals surface area contributed by atoms with Crippen molar-refractivity contribution in [1.29, 1.82) is 0 Å². The van der Waals surface area contributed by atoms with Gasteiger partial charge in [0.05, 0.1) is 18.5 Å². The number of nitrogens with zero attached hydrogens (tertiary/aromatic N) is 5. The molecule has 0 bridgehead atoms. The molecule has 0 fully saturated rings. The zero-order chi connectivity index (χ0) is 22.3. The van der Waals surface area contributed by atoms with Crippen LogP contribution in [0.1, 0.15) is 5.69 Å². The van der Waals surface area contributed by atoms with Crippen LogP contribution >= 0.6 is 0 Å². The van der Waals surface area contributed by atoms with Crippen molar-refractivity contribution in [2.75, 3.05) is 7.11 Å². The summed E-state index contributed by atoms with van der Waals surface area (Å²) >= 11 is 0. The summed E-state index contributed by atoms with van der Waals surface area (Å²) in [6.07, 6.45) is 7.81. The SMILES string of the molecule is COc1cc(-c2ncccn2)ccc1-n1ccc(=O)c(C(C=CN)=Nc2ccccc2)n1. The molecule has 8 nitrogen and oxygen atoms in total. The van der Waals surface area contributed by atoms with E-state index >= 15 is 0 Å². The molecule has 8 heteroatoms. The smallest absolute Gasteiger partial charge is 0.209 e. The summed E-state index contributed by atoms with van der Waals surface area (Å²) in [6.45, 7) is 0. The summed E-state index contributed by atoms with van der Waals surface area (Å²) in [6, 6.07) is 18.0. The zero-order valence-corrected chi connectivity index (χ0v) is 17.3. The van der Waals surface area contributed by atoms with Crippen LogP contribution in [-0.2, 0) is 0 Å². The number of methoxy groups -OCH3 is 1. The largest absolute Gasteiger partial charge is 0.494 e. The van der Waals surface area contributed by atoms with Crippen molar-refractivity contribution in [2.45, 2.75) is 0 Å². The predicted octanol–water partition coefficient (Wildman–Crippen LogP) is 3.29. The molecule has 0 aliphatic heterocycles. The first kappa shape index (κ1) is 20.7. The van der Waals surface area contributed by atoms with E-state index < -0.39 is 0 Å². The standard InChI is InChI=1S/C24H20N6O2/c1-32-22-16-17(24-26-13-5-14-27-24)8-9-20(22)30-15-11-21(31)23(29-30)19(10-12-25)28-18-6-3-2-4-7-18/h2-16H,25H2,1H3. The first-order chi connectivity index (χ1) is 15.7. The van der Waals surface area contributed by atoms with E-state index in [0.717, 1.165) is 5.56 Å². The van der Waals surface area contributed by atoms with E-state index in [4.69, 9.17) is 10.5 Å². The Balaban J connectivity index is 1.80. The van der Waals surface area contributed by atoms with Crippen LogP contribution in [0.4, 0.5) is 5.69 Å². The summed E-state index contributed by atoms with van der Waals surface area (Å²) in [5.74, 6) is 1.13. The lowest BCUT2D eigenvalue weighted by atomic mass is 10.1. The molecular formula is C24H20N6O2. The second kappa shape index (κ2) is 9.48. The van der Waals surface area contributed by atoms with Crippen LogP contribution in [-0.4, -0.2) is 32.6 Å². The molecule has 2 aromatic carbocycles. The molecule has 2 N–H and O–H groups in total. The van der Waals surface area contributed by atoms with Gasteiger partial charge in [0.2, 0.25) is 5.43 Å². The predicted molar refractivity (Wildman–Crippen MR) is 123 cm³/mol. The maximum Gasteiger partial charge on any atom is 0.209 e. The van der Waals surface area contributed by atoms with E-state index in [1.54, 1.807) is 42.5 Å². The molecule has 0 unspecified atom stereocenters. The first-order valence-corrected chi connectivity index (χ1v) is 9.78. The molecule has 0 amide bonds. The zero-order valence-electron chi connectivity index (χ0n) is 17.3. The average Bonchev–Trinajstić information content (AvgIpc) is 2.85. The van der Waals surface area contributed by atoms with Crippen molar-refractivity contribution in [1.82, 2.24) is 19.7 Å². The number of hydrogen-bond donors (Lipinski definition) is 1. The van der Waals surface area contributed by atoms with E-state index in [0.29, 0.717) is 28.7 Å². The van der Waals surface area contributed by atoms with E-state index in [9.17, 15) is 4.79 Å². The van der Waals surface area contributed by atoms with Gasteiger partial charge in [0.1, 0.15) is 11.4 Å². The van der Waals surface area contributed by atoms with E-state index in [2.05, 4.69) is 20.1 Å². The topological polar surface area (TPSA) is 108 Å². The molecule has 0 saturated heterocycles. The fraction of sp³-hybridized carbons (Fsp3) is 0.0417. The van der Waals surface area contributed by atoms with Gasteiger partial charge in [-0.2, -0.15) is 5.10 Å². The van der Waals surface area contributed by atoms with E-state index in [1.165, 1.54) is 12.3 Å². The van der Waals surface area contributed by atoms with Crippen molar-refractivity contribution < 1.29 is 4.74 Å². The van der Waals surface area contributed by atoms with Gasteiger partial charge in [0, 0.05) is 30.2 Å². The third-order valence-corrected chi connectivity index (χ3v) is 4.56. The molecule has 4 rings (SSSR count). The lowest BCUT2D eigenvalue weighted by molar-refractivity contribution is 0.411. The molecule has 2 aromatic heterocycles. The highest BCUT2D eigenvalue weighted by atomic mass is 16.5. The van der Waals surface area contributed by atoms with Gasteiger partial charge < -0.3 is 10.5 Å². The Labute approximate surface area is 184 Å². The third-order valence-electron chi connectivity index (χ3n) is 4.56. The van der Waals surface area contributed by atoms with Gasteiger partial charge in [0.25, 0.3) is 0 Å². The minimum atomic E-state index is -0.276. The fourth-order valence-corrected chi connectivity index (χ4v) is 3.08. The lowest BCUT2D eigenvalue weighted by Crippen LogP contribution is -2.20. The van der Waals surface area contributed by atoms with Crippen LogP contribution in [0.5, 0.6) is 5.75 Å². The first-order valence-electron chi connectivity index (χ1n) is 9.78. The summed E-state index contributed by atoms with van der Waals surface area (Å²) in [7, 11) is 1.57. The molecule has 0 radical (unpaired) electrons. The summed E-state index contributed by atoms with van der Waals surface area (Å²) in [5, 5.41) is 4.52. The summed E-state index contributed by atoms with van der Waals surface area (Å²) < 4.78 is 7.14. The minimum Gasteiger partial charge on any atom is -0.494 e. The number of allylic oxidation sites excluding steroid dienone is 1. The molecule has 32 heavy (non-hydrogen) atoms. The maximum absolute atomic E-state index is 12.6. The maximum atomic E-state index is 12.6. The molecule has 0 spiro atoms. The molecule has 0 aliphatic rings. The van der Waals surface area contributed by atoms with Crippen molar-refractivity contribution >= 4 is 11.4 Å². The Hall–Kier alpha value is -4.59. The molecule has 4 aromatic rings.